The molecule has 1 N–H and O–H groups in total. The lowest BCUT2D eigenvalue weighted by atomic mass is 9.98. The SMILES string of the molecule is Cc1oc(-c2ccccc2)nc1C(=O)N1CCC[C@@H](CNS(C)(=O)=O)C1. The number of aromatic nitrogens is 1. The second-order valence-electron chi connectivity index (χ2n) is 6.67. The van der Waals surface area contributed by atoms with E-state index in [0.29, 0.717) is 37.0 Å². The predicted molar refractivity (Wildman–Crippen MR) is 98.2 cm³/mol. The summed E-state index contributed by atoms with van der Waals surface area (Å²) < 4.78 is 30.8. The molecule has 7 nitrogen and oxygen atoms in total. The molecule has 26 heavy (non-hydrogen) atoms. The summed E-state index contributed by atoms with van der Waals surface area (Å²) >= 11 is 0. The molecule has 0 radical (unpaired) electrons. The Morgan fingerprint density at radius 3 is 2.77 bits per heavy atom. The highest BCUT2D eigenvalue weighted by molar-refractivity contribution is 7.88. The molecule has 1 saturated heterocycles. The summed E-state index contributed by atoms with van der Waals surface area (Å²) in [6, 6.07) is 9.45. The smallest absolute Gasteiger partial charge is 0.276 e. The number of hydrogen-bond donors (Lipinski definition) is 1. The number of piperidine rings is 1. The third-order valence-electron chi connectivity index (χ3n) is 4.46. The molecule has 2 aromatic rings. The van der Waals surface area contributed by atoms with E-state index in [-0.39, 0.29) is 11.8 Å². The van der Waals surface area contributed by atoms with Crippen LogP contribution in [-0.4, -0.2) is 50.1 Å². The lowest BCUT2D eigenvalue weighted by Gasteiger charge is -2.32. The summed E-state index contributed by atoms with van der Waals surface area (Å²) in [6.45, 7) is 3.23. The Hall–Kier alpha value is -2.19. The number of likely N-dealkylation sites (tertiary alicyclic amines) is 1. The van der Waals surface area contributed by atoms with Crippen LogP contribution in [0.15, 0.2) is 34.7 Å². The number of carbonyl (C=O) groups is 1. The lowest BCUT2D eigenvalue weighted by molar-refractivity contribution is 0.0669. The molecule has 0 aliphatic carbocycles. The highest BCUT2D eigenvalue weighted by Gasteiger charge is 2.28. The van der Waals surface area contributed by atoms with Gasteiger partial charge in [-0.3, -0.25) is 4.79 Å². The Labute approximate surface area is 153 Å². The van der Waals surface area contributed by atoms with E-state index in [1.165, 1.54) is 0 Å². The number of amides is 1. The van der Waals surface area contributed by atoms with Gasteiger partial charge in [0, 0.05) is 25.2 Å². The topological polar surface area (TPSA) is 92.5 Å². The Bertz CT molecular complexity index is 877. The summed E-state index contributed by atoms with van der Waals surface area (Å²) in [5, 5.41) is 0. The molecule has 8 heteroatoms. The summed E-state index contributed by atoms with van der Waals surface area (Å²) in [7, 11) is -3.23. The van der Waals surface area contributed by atoms with Crippen LogP contribution in [0.5, 0.6) is 0 Å². The molecule has 1 atom stereocenters. The van der Waals surface area contributed by atoms with Gasteiger partial charge in [0.05, 0.1) is 6.26 Å². The monoisotopic (exact) mass is 377 g/mol. The van der Waals surface area contributed by atoms with Crippen molar-refractivity contribution in [1.29, 1.82) is 0 Å². The molecule has 1 amide bonds. The zero-order chi connectivity index (χ0) is 18.7. The summed E-state index contributed by atoms with van der Waals surface area (Å²) in [6.07, 6.45) is 2.87. The van der Waals surface area contributed by atoms with Gasteiger partial charge < -0.3 is 9.32 Å². The fourth-order valence-corrected chi connectivity index (χ4v) is 3.67. The first-order valence-electron chi connectivity index (χ1n) is 8.60. The van der Waals surface area contributed by atoms with Crippen molar-refractivity contribution in [3.8, 4) is 11.5 Å². The molecule has 2 heterocycles. The molecule has 0 spiro atoms. The van der Waals surface area contributed by atoms with E-state index < -0.39 is 10.0 Å². The van der Waals surface area contributed by atoms with Crippen LogP contribution in [0.3, 0.4) is 0 Å². The average molecular weight is 377 g/mol. The summed E-state index contributed by atoms with van der Waals surface area (Å²) in [4.78, 5) is 19.0. The second kappa shape index (κ2) is 7.59. The maximum Gasteiger partial charge on any atom is 0.276 e. The Morgan fingerprint density at radius 2 is 2.08 bits per heavy atom. The van der Waals surface area contributed by atoms with Gasteiger partial charge in [0.25, 0.3) is 5.91 Å². The minimum Gasteiger partial charge on any atom is -0.441 e. The van der Waals surface area contributed by atoms with Crippen LogP contribution < -0.4 is 4.72 Å². The van der Waals surface area contributed by atoms with E-state index in [4.69, 9.17) is 4.42 Å². The van der Waals surface area contributed by atoms with E-state index in [0.717, 1.165) is 24.7 Å². The number of hydrogen-bond acceptors (Lipinski definition) is 5. The molecular weight excluding hydrogens is 354 g/mol. The molecule has 0 bridgehead atoms. The van der Waals surface area contributed by atoms with Gasteiger partial charge in [0.2, 0.25) is 15.9 Å². The first-order valence-corrected chi connectivity index (χ1v) is 10.5. The first-order chi connectivity index (χ1) is 12.3. The van der Waals surface area contributed by atoms with Gasteiger partial charge in [-0.1, -0.05) is 18.2 Å². The highest BCUT2D eigenvalue weighted by atomic mass is 32.2. The van der Waals surface area contributed by atoms with E-state index in [1.807, 2.05) is 30.3 Å². The van der Waals surface area contributed by atoms with Crippen molar-refractivity contribution in [2.45, 2.75) is 19.8 Å². The number of sulfonamides is 1. The molecule has 1 fully saturated rings. The minimum atomic E-state index is -3.23. The van der Waals surface area contributed by atoms with Gasteiger partial charge in [0.1, 0.15) is 5.76 Å². The molecule has 1 aliphatic rings. The predicted octanol–water partition coefficient (Wildman–Crippen LogP) is 2.05. The van der Waals surface area contributed by atoms with Gasteiger partial charge in [0.15, 0.2) is 5.69 Å². The third-order valence-corrected chi connectivity index (χ3v) is 5.15. The lowest BCUT2D eigenvalue weighted by Crippen LogP contribution is -2.43. The number of aryl methyl sites for hydroxylation is 1. The third kappa shape index (κ3) is 4.50. The Balaban J connectivity index is 1.72. The molecule has 1 aromatic carbocycles. The van der Waals surface area contributed by atoms with Crippen LogP contribution in [0.1, 0.15) is 29.1 Å². The Kier molecular flexibility index (Phi) is 5.43. The fourth-order valence-electron chi connectivity index (χ4n) is 3.13. The molecule has 0 saturated carbocycles. The highest BCUT2D eigenvalue weighted by Crippen LogP contribution is 2.24. The van der Waals surface area contributed by atoms with Crippen LogP contribution in [0.25, 0.3) is 11.5 Å². The van der Waals surface area contributed by atoms with Crippen molar-refractivity contribution in [2.75, 3.05) is 25.9 Å². The maximum atomic E-state index is 12.9. The van der Waals surface area contributed by atoms with Crippen LogP contribution in [-0.2, 0) is 10.0 Å². The van der Waals surface area contributed by atoms with Crippen LogP contribution in [0.4, 0.5) is 0 Å². The molecule has 3 rings (SSSR count). The first kappa shape index (κ1) is 18.6. The number of nitrogens with one attached hydrogen (secondary N) is 1. The molecule has 1 aliphatic heterocycles. The largest absolute Gasteiger partial charge is 0.441 e. The van der Waals surface area contributed by atoms with Crippen molar-refractivity contribution in [1.82, 2.24) is 14.6 Å². The maximum absolute atomic E-state index is 12.9. The summed E-state index contributed by atoms with van der Waals surface area (Å²) in [5.74, 6) is 0.852. The van der Waals surface area contributed by atoms with Crippen molar-refractivity contribution in [3.05, 3.63) is 41.8 Å². The molecule has 140 valence electrons. The normalized spacial score (nSPS) is 18.1. The van der Waals surface area contributed by atoms with E-state index >= 15 is 0 Å². The number of carbonyl (C=O) groups excluding carboxylic acids is 1. The zero-order valence-electron chi connectivity index (χ0n) is 14.9. The number of nitrogens with zero attached hydrogens (tertiary/aromatic N) is 2. The molecular formula is C18H23N3O4S. The number of rotatable bonds is 5. The molecule has 1 aromatic heterocycles. The van der Waals surface area contributed by atoms with Crippen molar-refractivity contribution >= 4 is 15.9 Å². The van der Waals surface area contributed by atoms with Crippen molar-refractivity contribution in [2.24, 2.45) is 5.92 Å². The van der Waals surface area contributed by atoms with Crippen molar-refractivity contribution in [3.63, 3.8) is 0 Å². The fraction of sp³-hybridized carbons (Fsp3) is 0.444. The van der Waals surface area contributed by atoms with Crippen LogP contribution in [0, 0.1) is 12.8 Å². The van der Waals surface area contributed by atoms with E-state index in [9.17, 15) is 13.2 Å². The van der Waals surface area contributed by atoms with Gasteiger partial charge in [-0.2, -0.15) is 0 Å². The van der Waals surface area contributed by atoms with Crippen LogP contribution >= 0.6 is 0 Å². The van der Waals surface area contributed by atoms with Gasteiger partial charge in [-0.15, -0.1) is 0 Å². The average Bonchev–Trinajstić information content (AvgIpc) is 3.01. The Morgan fingerprint density at radius 1 is 1.35 bits per heavy atom. The van der Waals surface area contributed by atoms with Crippen LogP contribution in [0.2, 0.25) is 0 Å². The second-order valence-corrected chi connectivity index (χ2v) is 8.50. The number of oxazole rings is 1. The standard InChI is InChI=1S/C18H23N3O4S/c1-13-16(20-17(25-13)15-8-4-3-5-9-15)18(22)21-10-6-7-14(12-21)11-19-26(2,23)24/h3-5,8-9,14,19H,6-7,10-12H2,1-2H3/t14-/m0/s1. The minimum absolute atomic E-state index is 0.100. The number of benzene rings is 1. The van der Waals surface area contributed by atoms with Gasteiger partial charge >= 0.3 is 0 Å². The zero-order valence-corrected chi connectivity index (χ0v) is 15.8. The van der Waals surface area contributed by atoms with Crippen molar-refractivity contribution < 1.29 is 17.6 Å². The van der Waals surface area contributed by atoms with Gasteiger partial charge in [-0.05, 0) is 37.8 Å². The summed E-state index contributed by atoms with van der Waals surface area (Å²) in [5.41, 5.74) is 1.14. The quantitative estimate of drug-likeness (QED) is 0.861. The van der Waals surface area contributed by atoms with Gasteiger partial charge in [-0.25, -0.2) is 18.1 Å². The molecule has 0 unspecified atom stereocenters. The van der Waals surface area contributed by atoms with E-state index in [1.54, 1.807) is 11.8 Å². The van der Waals surface area contributed by atoms with E-state index in [2.05, 4.69) is 9.71 Å².